The second-order valence-corrected chi connectivity index (χ2v) is 7.75. The van der Waals surface area contributed by atoms with Crippen LogP contribution in [0.3, 0.4) is 0 Å². The minimum Gasteiger partial charge on any atom is -0.495 e. The summed E-state index contributed by atoms with van der Waals surface area (Å²) >= 11 is 6.07. The van der Waals surface area contributed by atoms with Gasteiger partial charge < -0.3 is 24.6 Å². The highest BCUT2D eigenvalue weighted by Gasteiger charge is 2.36. The predicted octanol–water partition coefficient (Wildman–Crippen LogP) is 2.81. The lowest BCUT2D eigenvalue weighted by Crippen LogP contribution is -2.28. The first-order valence-corrected chi connectivity index (χ1v) is 10.0. The van der Waals surface area contributed by atoms with Crippen molar-refractivity contribution < 1.29 is 23.9 Å². The SMILES string of the molecule is COc1ccc(Cl)cc1N1CC(C(=O)Nc2ccc(OCC(=O)N(C)C)cc2)CC1=O. The third-order valence-corrected chi connectivity index (χ3v) is 5.15. The van der Waals surface area contributed by atoms with Crippen LogP contribution in [0.15, 0.2) is 42.5 Å². The Labute approximate surface area is 185 Å². The number of likely N-dealkylation sites (N-methyl/N-ethyl adjacent to an activating group) is 1. The Morgan fingerprint density at radius 2 is 1.90 bits per heavy atom. The third kappa shape index (κ3) is 5.46. The first-order chi connectivity index (χ1) is 14.8. The molecule has 164 valence electrons. The largest absolute Gasteiger partial charge is 0.495 e. The highest BCUT2D eigenvalue weighted by molar-refractivity contribution is 6.31. The lowest BCUT2D eigenvalue weighted by molar-refractivity contribution is -0.130. The average Bonchev–Trinajstić information content (AvgIpc) is 3.14. The van der Waals surface area contributed by atoms with E-state index in [0.29, 0.717) is 27.9 Å². The lowest BCUT2D eigenvalue weighted by Gasteiger charge is -2.20. The second kappa shape index (κ2) is 9.70. The Hall–Kier alpha value is -3.26. The molecule has 3 amide bonds. The van der Waals surface area contributed by atoms with E-state index in [4.69, 9.17) is 21.1 Å². The summed E-state index contributed by atoms with van der Waals surface area (Å²) in [6.45, 7) is 0.168. The molecule has 0 aliphatic carbocycles. The van der Waals surface area contributed by atoms with Crippen molar-refractivity contribution in [2.45, 2.75) is 6.42 Å². The van der Waals surface area contributed by atoms with Gasteiger partial charge in [0.05, 0.1) is 18.7 Å². The summed E-state index contributed by atoms with van der Waals surface area (Å²) in [5.74, 6) is -0.0528. The number of carbonyl (C=O) groups is 3. The van der Waals surface area contributed by atoms with E-state index >= 15 is 0 Å². The molecule has 1 fully saturated rings. The summed E-state index contributed by atoms with van der Waals surface area (Å²) in [7, 11) is 4.82. The number of benzene rings is 2. The normalized spacial score (nSPS) is 15.5. The van der Waals surface area contributed by atoms with E-state index in [2.05, 4.69) is 5.32 Å². The molecule has 1 saturated heterocycles. The quantitative estimate of drug-likeness (QED) is 0.708. The van der Waals surface area contributed by atoms with Crippen LogP contribution in [0.2, 0.25) is 5.02 Å². The summed E-state index contributed by atoms with van der Waals surface area (Å²) in [4.78, 5) is 39.8. The molecule has 1 aliphatic heterocycles. The minimum atomic E-state index is -0.509. The zero-order chi connectivity index (χ0) is 22.5. The van der Waals surface area contributed by atoms with Gasteiger partial charge in [-0.3, -0.25) is 14.4 Å². The van der Waals surface area contributed by atoms with Gasteiger partial charge >= 0.3 is 0 Å². The average molecular weight is 446 g/mol. The number of amides is 3. The second-order valence-electron chi connectivity index (χ2n) is 7.31. The van der Waals surface area contributed by atoms with Crippen LogP contribution in [-0.4, -0.2) is 57.0 Å². The fraction of sp³-hybridized carbons (Fsp3) is 0.318. The zero-order valence-electron chi connectivity index (χ0n) is 17.6. The molecule has 8 nitrogen and oxygen atoms in total. The molecule has 1 atom stereocenters. The third-order valence-electron chi connectivity index (χ3n) is 4.91. The molecule has 1 aliphatic rings. The van der Waals surface area contributed by atoms with Gasteiger partial charge in [0.25, 0.3) is 5.91 Å². The van der Waals surface area contributed by atoms with E-state index in [0.717, 1.165) is 0 Å². The molecule has 9 heteroatoms. The van der Waals surface area contributed by atoms with Crippen LogP contribution in [0.1, 0.15) is 6.42 Å². The number of ether oxygens (including phenoxy) is 2. The van der Waals surface area contributed by atoms with Crippen LogP contribution in [-0.2, 0) is 14.4 Å². The van der Waals surface area contributed by atoms with Gasteiger partial charge in [-0.05, 0) is 42.5 Å². The molecule has 1 unspecified atom stereocenters. The Balaban J connectivity index is 1.61. The van der Waals surface area contributed by atoms with Crippen molar-refractivity contribution in [3.8, 4) is 11.5 Å². The number of carbonyl (C=O) groups excluding carboxylic acids is 3. The highest BCUT2D eigenvalue weighted by atomic mass is 35.5. The smallest absolute Gasteiger partial charge is 0.259 e. The number of rotatable bonds is 7. The summed E-state index contributed by atoms with van der Waals surface area (Å²) < 4.78 is 10.7. The fourth-order valence-electron chi connectivity index (χ4n) is 3.14. The molecule has 2 aromatic carbocycles. The fourth-order valence-corrected chi connectivity index (χ4v) is 3.31. The summed E-state index contributed by atoms with van der Waals surface area (Å²) in [5.41, 5.74) is 1.12. The van der Waals surface area contributed by atoms with Gasteiger partial charge in [0.1, 0.15) is 11.5 Å². The van der Waals surface area contributed by atoms with E-state index in [-0.39, 0.29) is 37.3 Å². The molecule has 0 bridgehead atoms. The molecular formula is C22H24ClN3O5. The van der Waals surface area contributed by atoms with Crippen molar-refractivity contribution in [1.29, 1.82) is 0 Å². The van der Waals surface area contributed by atoms with Crippen molar-refractivity contribution in [2.75, 3.05) is 44.6 Å². The van der Waals surface area contributed by atoms with E-state index in [1.165, 1.54) is 16.9 Å². The summed E-state index contributed by atoms with van der Waals surface area (Å²) in [5, 5.41) is 3.30. The Morgan fingerprint density at radius 1 is 1.19 bits per heavy atom. The maximum Gasteiger partial charge on any atom is 0.259 e. The number of hydrogen-bond acceptors (Lipinski definition) is 5. The van der Waals surface area contributed by atoms with Crippen LogP contribution in [0.25, 0.3) is 0 Å². The Kier molecular flexibility index (Phi) is 7.02. The number of anilines is 2. The maximum absolute atomic E-state index is 12.7. The standard InChI is InChI=1S/C22H24ClN3O5/c1-25(2)21(28)13-31-17-7-5-16(6-8-17)24-22(29)14-10-20(27)26(12-14)18-11-15(23)4-9-19(18)30-3/h4-9,11,14H,10,12-13H2,1-3H3,(H,24,29). The van der Waals surface area contributed by atoms with Gasteiger partial charge in [-0.1, -0.05) is 11.6 Å². The summed E-state index contributed by atoms with van der Waals surface area (Å²) in [6.07, 6.45) is 0.0926. The molecule has 31 heavy (non-hydrogen) atoms. The van der Waals surface area contributed by atoms with E-state index < -0.39 is 5.92 Å². The van der Waals surface area contributed by atoms with Gasteiger partial charge in [0, 0.05) is 37.8 Å². The van der Waals surface area contributed by atoms with E-state index in [1.807, 2.05) is 0 Å². The van der Waals surface area contributed by atoms with Crippen LogP contribution < -0.4 is 19.7 Å². The monoisotopic (exact) mass is 445 g/mol. The van der Waals surface area contributed by atoms with Crippen LogP contribution in [0, 0.1) is 5.92 Å². The van der Waals surface area contributed by atoms with Crippen LogP contribution in [0.5, 0.6) is 11.5 Å². The highest BCUT2D eigenvalue weighted by Crippen LogP contribution is 2.35. The van der Waals surface area contributed by atoms with Crippen molar-refractivity contribution in [2.24, 2.45) is 5.92 Å². The number of halogens is 1. The minimum absolute atomic E-state index is 0.0638. The van der Waals surface area contributed by atoms with Crippen molar-refractivity contribution in [3.05, 3.63) is 47.5 Å². The van der Waals surface area contributed by atoms with Crippen LogP contribution >= 0.6 is 11.6 Å². The van der Waals surface area contributed by atoms with Gasteiger partial charge in [-0.15, -0.1) is 0 Å². The van der Waals surface area contributed by atoms with Crippen molar-refractivity contribution >= 4 is 40.7 Å². The molecular weight excluding hydrogens is 422 g/mol. The van der Waals surface area contributed by atoms with Gasteiger partial charge in [0.15, 0.2) is 6.61 Å². The predicted molar refractivity (Wildman–Crippen MR) is 118 cm³/mol. The molecule has 0 saturated carbocycles. The maximum atomic E-state index is 12.7. The van der Waals surface area contributed by atoms with E-state index in [9.17, 15) is 14.4 Å². The van der Waals surface area contributed by atoms with Gasteiger partial charge in [-0.25, -0.2) is 0 Å². The Morgan fingerprint density at radius 3 is 2.55 bits per heavy atom. The Bertz CT molecular complexity index is 978. The molecule has 2 aromatic rings. The van der Waals surface area contributed by atoms with Crippen molar-refractivity contribution in [1.82, 2.24) is 4.90 Å². The number of nitrogens with one attached hydrogen (secondary N) is 1. The lowest BCUT2D eigenvalue weighted by atomic mass is 10.1. The number of nitrogens with zero attached hydrogens (tertiary/aromatic N) is 2. The molecule has 0 radical (unpaired) electrons. The first kappa shape index (κ1) is 22.4. The van der Waals surface area contributed by atoms with E-state index in [1.54, 1.807) is 56.6 Å². The molecule has 0 aromatic heterocycles. The van der Waals surface area contributed by atoms with Crippen molar-refractivity contribution in [3.63, 3.8) is 0 Å². The molecule has 3 rings (SSSR count). The molecule has 1 heterocycles. The zero-order valence-corrected chi connectivity index (χ0v) is 18.3. The number of hydrogen-bond donors (Lipinski definition) is 1. The summed E-state index contributed by atoms with van der Waals surface area (Å²) in [6, 6.07) is 11.7. The topological polar surface area (TPSA) is 88.2 Å². The molecule has 1 N–H and O–H groups in total. The van der Waals surface area contributed by atoms with Gasteiger partial charge in [0.2, 0.25) is 11.8 Å². The van der Waals surface area contributed by atoms with Crippen LogP contribution in [0.4, 0.5) is 11.4 Å². The molecule has 0 spiro atoms. The number of methoxy groups -OCH3 is 1. The first-order valence-electron chi connectivity index (χ1n) is 9.66. The van der Waals surface area contributed by atoms with Gasteiger partial charge in [-0.2, -0.15) is 0 Å².